The summed E-state index contributed by atoms with van der Waals surface area (Å²) in [4.78, 5) is 26.1. The molecule has 3 rings (SSSR count). The van der Waals surface area contributed by atoms with Crippen LogP contribution in [0.2, 0.25) is 5.15 Å². The molecule has 6 nitrogen and oxygen atoms in total. The number of fused-ring (bicyclic) bond motifs is 1. The number of benzene rings is 2. The van der Waals surface area contributed by atoms with Crippen molar-refractivity contribution in [3.63, 3.8) is 0 Å². The number of anilines is 1. The average molecular weight is 622 g/mol. The molecule has 35 heavy (non-hydrogen) atoms. The van der Waals surface area contributed by atoms with Crippen molar-refractivity contribution in [1.82, 2.24) is 9.88 Å². The van der Waals surface area contributed by atoms with E-state index in [2.05, 4.69) is 44.0 Å². The maximum Gasteiger partial charge on any atom is 0.339 e. The maximum atomic E-state index is 11.0. The summed E-state index contributed by atoms with van der Waals surface area (Å²) >= 11 is 30.9. The van der Waals surface area contributed by atoms with Gasteiger partial charge in [-0.2, -0.15) is 0 Å². The molecule has 0 saturated heterocycles. The van der Waals surface area contributed by atoms with Gasteiger partial charge in [0, 0.05) is 43.0 Å². The first-order valence-corrected chi connectivity index (χ1v) is 15.6. The maximum absolute atomic E-state index is 11.0. The Hall–Kier alpha value is -1.24. The fraction of sp³-hybridized carbons (Fsp3) is 0.227. The van der Waals surface area contributed by atoms with Crippen molar-refractivity contribution in [1.29, 1.82) is 0 Å². The zero-order valence-electron chi connectivity index (χ0n) is 18.8. The van der Waals surface area contributed by atoms with Gasteiger partial charge in [-0.05, 0) is 58.0 Å². The topological polar surface area (TPSA) is 79.4 Å². The number of halogens is 6. The number of nitrogens with zero attached hydrogens (tertiary/aromatic N) is 2. The first-order valence-electron chi connectivity index (χ1n) is 9.73. The minimum absolute atomic E-state index is 0.0452. The minimum atomic E-state index is -3.22. The molecular formula is C22H24Cl6N3O3P. The lowest BCUT2D eigenvalue weighted by Crippen LogP contribution is -2.11. The predicted molar refractivity (Wildman–Crippen MR) is 152 cm³/mol. The van der Waals surface area contributed by atoms with Crippen LogP contribution in [0.5, 0.6) is 0 Å². The Morgan fingerprint density at radius 2 is 1.54 bits per heavy atom. The predicted octanol–water partition coefficient (Wildman–Crippen LogP) is 8.40. The number of alkyl halides is 2. The van der Waals surface area contributed by atoms with E-state index in [1.165, 1.54) is 4.90 Å². The molecule has 192 valence electrons. The second-order valence-electron chi connectivity index (χ2n) is 6.59. The van der Waals surface area contributed by atoms with E-state index in [1.54, 1.807) is 14.1 Å². The van der Waals surface area contributed by atoms with Crippen LogP contribution in [0.25, 0.3) is 10.9 Å². The zero-order valence-corrected chi connectivity index (χ0v) is 24.2. The highest BCUT2D eigenvalue weighted by Crippen LogP contribution is 2.61. The molecule has 0 aliphatic heterocycles. The van der Waals surface area contributed by atoms with Gasteiger partial charge < -0.3 is 10.2 Å². The first-order chi connectivity index (χ1) is 16.4. The third kappa shape index (κ3) is 18.7. The molecule has 1 heterocycles. The number of nitrogens with one attached hydrogen (secondary N) is 1. The molecular weight excluding hydrogens is 598 g/mol. The second kappa shape index (κ2) is 18.9. The summed E-state index contributed by atoms with van der Waals surface area (Å²) in [6.07, 6.45) is 1.11. The van der Waals surface area contributed by atoms with Crippen molar-refractivity contribution in [3.05, 3.63) is 71.4 Å². The molecule has 2 amide bonds. The van der Waals surface area contributed by atoms with E-state index in [4.69, 9.17) is 34.8 Å². The van der Waals surface area contributed by atoms with Crippen molar-refractivity contribution < 1.29 is 14.2 Å². The van der Waals surface area contributed by atoms with Crippen LogP contribution in [0, 0.1) is 0 Å². The summed E-state index contributed by atoms with van der Waals surface area (Å²) in [6.45, 7) is 0. The van der Waals surface area contributed by atoms with E-state index >= 15 is 0 Å². The molecule has 0 saturated carbocycles. The van der Waals surface area contributed by atoms with Crippen LogP contribution in [0.3, 0.4) is 0 Å². The Morgan fingerprint density at radius 1 is 1.03 bits per heavy atom. The van der Waals surface area contributed by atoms with Crippen molar-refractivity contribution >= 4 is 103 Å². The first kappa shape index (κ1) is 33.8. The van der Waals surface area contributed by atoms with Crippen LogP contribution in [-0.2, 0) is 20.0 Å². The molecule has 0 aliphatic carbocycles. The summed E-state index contributed by atoms with van der Waals surface area (Å²) < 4.78 is 9.51. The number of hydrogen-bond acceptors (Lipinski definition) is 4. The Kier molecular flexibility index (Phi) is 18.3. The quantitative estimate of drug-likeness (QED) is 0.134. The Labute approximate surface area is 234 Å². The molecule has 0 aliphatic rings. The van der Waals surface area contributed by atoms with E-state index in [1.807, 2.05) is 60.7 Å². The van der Waals surface area contributed by atoms with Gasteiger partial charge in [0.25, 0.3) is 0 Å². The molecule has 0 unspecified atom stereocenters. The lowest BCUT2D eigenvalue weighted by Gasteiger charge is -2.01. The third-order valence-electron chi connectivity index (χ3n) is 3.48. The van der Waals surface area contributed by atoms with Crippen LogP contribution in [0.15, 0.2) is 60.7 Å². The molecule has 1 N–H and O–H groups in total. The molecule has 0 bridgehead atoms. The zero-order chi connectivity index (χ0) is 26.9. The van der Waals surface area contributed by atoms with Crippen molar-refractivity contribution in [3.8, 4) is 0 Å². The van der Waals surface area contributed by atoms with Gasteiger partial charge in [0.1, 0.15) is 5.15 Å². The number of aromatic nitrogens is 1. The lowest BCUT2D eigenvalue weighted by atomic mass is 10.2. The highest BCUT2D eigenvalue weighted by Gasteiger charge is 2.03. The normalized spacial score (nSPS) is 9.83. The van der Waals surface area contributed by atoms with Crippen molar-refractivity contribution in [2.75, 3.05) is 25.3 Å². The molecule has 0 fully saturated rings. The number of carbonyl (C=O) groups excluding carboxylic acids is 2. The van der Waals surface area contributed by atoms with Gasteiger partial charge in [-0.3, -0.25) is 14.2 Å². The molecule has 13 heteroatoms. The van der Waals surface area contributed by atoms with Gasteiger partial charge in [-0.25, -0.2) is 4.98 Å². The molecule has 1 aromatic heterocycles. The highest BCUT2D eigenvalue weighted by molar-refractivity contribution is 8.24. The molecule has 2 aromatic carbocycles. The summed E-state index contributed by atoms with van der Waals surface area (Å²) in [5.41, 5.74) is 2.59. The number of amides is 2. The largest absolute Gasteiger partial charge is 0.351 e. The highest BCUT2D eigenvalue weighted by atomic mass is 36.0. The lowest BCUT2D eigenvalue weighted by molar-refractivity contribution is -0.116. The molecule has 0 atom stereocenters. The number of carbonyl (C=O) groups is 2. The van der Waals surface area contributed by atoms with Crippen molar-refractivity contribution in [2.45, 2.75) is 12.3 Å². The van der Waals surface area contributed by atoms with E-state index in [-0.39, 0.29) is 5.91 Å². The SMILES string of the molecule is CN(C)C=O.ClCc1cc2ccccc2nc1Cl.O=C(CCCl)Nc1ccccc1.O=P(Cl)(Cl)Cl. The van der Waals surface area contributed by atoms with E-state index < -0.39 is 5.20 Å². The Balaban J connectivity index is 0.000000484. The number of para-hydroxylation sites is 2. The van der Waals surface area contributed by atoms with Gasteiger partial charge in [0.2, 0.25) is 12.3 Å². The van der Waals surface area contributed by atoms with Gasteiger partial charge in [0.05, 0.1) is 11.4 Å². The molecule has 3 aromatic rings. The fourth-order valence-corrected chi connectivity index (χ4v) is 2.72. The van der Waals surface area contributed by atoms with Crippen LogP contribution in [-0.4, -0.2) is 42.2 Å². The number of hydrogen-bond donors (Lipinski definition) is 1. The van der Waals surface area contributed by atoms with Gasteiger partial charge >= 0.3 is 5.20 Å². The average Bonchev–Trinajstić information content (AvgIpc) is 2.79. The van der Waals surface area contributed by atoms with E-state index in [9.17, 15) is 14.2 Å². The summed E-state index contributed by atoms with van der Waals surface area (Å²) in [5, 5.41) is 1.06. The Bertz CT molecular complexity index is 1080. The van der Waals surface area contributed by atoms with E-state index in [0.29, 0.717) is 23.3 Å². The summed E-state index contributed by atoms with van der Waals surface area (Å²) in [5.74, 6) is 0.714. The standard InChI is InChI=1S/C10H7Cl2N.C9H10ClNO.C3H7NO.Cl3OP/c11-6-8-5-7-3-1-2-4-9(7)13-10(8)12;10-7-6-9(12)11-8-4-2-1-3-5-8;1-4(2)3-5;1-5(2,3)4/h1-5H,6H2;1-5H,6-7H2,(H,11,12);3H,1-2H3;. The van der Waals surface area contributed by atoms with Crippen LogP contribution in [0.4, 0.5) is 5.69 Å². The Morgan fingerprint density at radius 3 is 2.03 bits per heavy atom. The smallest absolute Gasteiger partial charge is 0.339 e. The minimum Gasteiger partial charge on any atom is -0.351 e. The van der Waals surface area contributed by atoms with Gasteiger partial charge in [0.15, 0.2) is 0 Å². The van der Waals surface area contributed by atoms with Crippen molar-refractivity contribution in [2.24, 2.45) is 0 Å². The van der Waals surface area contributed by atoms with Crippen LogP contribution < -0.4 is 5.32 Å². The summed E-state index contributed by atoms with van der Waals surface area (Å²) in [7, 11) is 3.38. The summed E-state index contributed by atoms with van der Waals surface area (Å²) in [6, 6.07) is 19.1. The second-order valence-corrected chi connectivity index (χ2v) is 14.2. The third-order valence-corrected chi connectivity index (χ3v) is 4.29. The van der Waals surface area contributed by atoms with Gasteiger partial charge in [-0.1, -0.05) is 48.0 Å². The molecule has 0 radical (unpaired) electrons. The van der Waals surface area contributed by atoms with E-state index in [0.717, 1.165) is 28.6 Å². The number of pyridine rings is 1. The van der Waals surface area contributed by atoms with Crippen LogP contribution >= 0.6 is 73.7 Å². The van der Waals surface area contributed by atoms with Crippen LogP contribution in [0.1, 0.15) is 12.0 Å². The number of rotatable bonds is 5. The molecule has 0 spiro atoms. The monoisotopic (exact) mass is 619 g/mol. The van der Waals surface area contributed by atoms with Gasteiger partial charge in [-0.15, -0.1) is 23.2 Å². The fourth-order valence-electron chi connectivity index (χ4n) is 2.06.